The van der Waals surface area contributed by atoms with E-state index in [9.17, 15) is 13.2 Å². The zero-order chi connectivity index (χ0) is 10.2. The van der Waals surface area contributed by atoms with E-state index in [0.717, 1.165) is 0 Å². The molecule has 0 aliphatic carbocycles. The Morgan fingerprint density at radius 2 is 1.57 bits per heavy atom. The largest absolute Gasteiger partial charge is 0.399 e. The van der Waals surface area contributed by atoms with Crippen LogP contribution in [0.4, 0.5) is 13.2 Å². The van der Waals surface area contributed by atoms with Gasteiger partial charge in [0.05, 0.1) is 13.2 Å². The average molecular weight is 210 g/mol. The lowest BCUT2D eigenvalue weighted by molar-refractivity contribution is -0.328. The Kier molecular flexibility index (Phi) is 2.47. The first-order valence-electron chi connectivity index (χ1n) is 4.78. The third kappa shape index (κ3) is 1.42. The second-order valence-electron chi connectivity index (χ2n) is 4.03. The molecule has 0 aromatic carbocycles. The minimum atomic E-state index is -4.13. The Labute approximate surface area is 80.4 Å². The molecule has 0 saturated carbocycles. The lowest BCUT2D eigenvalue weighted by Gasteiger charge is -2.49. The van der Waals surface area contributed by atoms with Gasteiger partial charge in [0.25, 0.3) is 0 Å². The summed E-state index contributed by atoms with van der Waals surface area (Å²) >= 11 is 0. The van der Waals surface area contributed by atoms with Crippen LogP contribution < -0.4 is 0 Å². The van der Waals surface area contributed by atoms with Crippen molar-refractivity contribution in [3.05, 3.63) is 0 Å². The van der Waals surface area contributed by atoms with Crippen LogP contribution in [0.25, 0.3) is 0 Å². The molecule has 2 nitrogen and oxygen atoms in total. The second kappa shape index (κ2) is 3.38. The molecule has 2 fully saturated rings. The van der Waals surface area contributed by atoms with Crippen molar-refractivity contribution in [2.45, 2.75) is 19.0 Å². The highest BCUT2D eigenvalue weighted by Gasteiger charge is 2.63. The van der Waals surface area contributed by atoms with E-state index < -0.39 is 11.6 Å². The van der Waals surface area contributed by atoms with Crippen LogP contribution in [-0.4, -0.2) is 32.6 Å². The third-order valence-corrected chi connectivity index (χ3v) is 3.29. The molecule has 0 unspecified atom stereocenters. The molecule has 2 heterocycles. The zero-order valence-corrected chi connectivity index (χ0v) is 7.77. The molecule has 2 rings (SSSR count). The number of hydrogen-bond donors (Lipinski definition) is 0. The van der Waals surface area contributed by atoms with Crippen molar-refractivity contribution >= 4 is 0 Å². The SMILES string of the molecule is FC(F)(F)C1(C2CCOCC2)COC1. The first kappa shape index (κ1) is 10.2. The Hall–Kier alpha value is -0.290. The second-order valence-corrected chi connectivity index (χ2v) is 4.03. The third-order valence-electron chi connectivity index (χ3n) is 3.29. The predicted octanol–water partition coefficient (Wildman–Crippen LogP) is 1.99. The summed E-state index contributed by atoms with van der Waals surface area (Å²) in [5, 5.41) is 0. The zero-order valence-electron chi connectivity index (χ0n) is 7.77. The quantitative estimate of drug-likeness (QED) is 0.659. The maximum atomic E-state index is 12.8. The van der Waals surface area contributed by atoms with E-state index in [-0.39, 0.29) is 19.1 Å². The molecule has 0 N–H and O–H groups in total. The molecule has 82 valence electrons. The highest BCUT2D eigenvalue weighted by Crippen LogP contribution is 2.52. The minimum absolute atomic E-state index is 0.166. The van der Waals surface area contributed by atoms with Gasteiger partial charge < -0.3 is 9.47 Å². The van der Waals surface area contributed by atoms with E-state index in [0.29, 0.717) is 26.1 Å². The monoisotopic (exact) mass is 210 g/mol. The molecule has 0 aromatic heterocycles. The topological polar surface area (TPSA) is 18.5 Å². The molecular weight excluding hydrogens is 197 g/mol. The number of hydrogen-bond acceptors (Lipinski definition) is 2. The fourth-order valence-electron chi connectivity index (χ4n) is 2.20. The number of ether oxygens (including phenoxy) is 2. The Balaban J connectivity index is 2.11. The van der Waals surface area contributed by atoms with E-state index in [4.69, 9.17) is 9.47 Å². The predicted molar refractivity (Wildman–Crippen MR) is 42.9 cm³/mol. The number of rotatable bonds is 1. The molecule has 5 heteroatoms. The normalized spacial score (nSPS) is 28.5. The molecule has 2 aliphatic rings. The van der Waals surface area contributed by atoms with Crippen LogP contribution in [0.2, 0.25) is 0 Å². The van der Waals surface area contributed by atoms with Gasteiger partial charge in [-0.2, -0.15) is 13.2 Å². The van der Waals surface area contributed by atoms with Crippen molar-refractivity contribution in [3.63, 3.8) is 0 Å². The maximum Gasteiger partial charge on any atom is 0.399 e. The first-order chi connectivity index (χ1) is 6.56. The molecule has 0 radical (unpaired) electrons. The van der Waals surface area contributed by atoms with E-state index in [2.05, 4.69) is 0 Å². The standard InChI is InChI=1S/C9H13F3O2/c10-9(11,12)8(5-14-6-8)7-1-3-13-4-2-7/h7H,1-6H2. The summed E-state index contributed by atoms with van der Waals surface area (Å²) in [6.45, 7) is 0.563. The van der Waals surface area contributed by atoms with E-state index in [1.165, 1.54) is 0 Å². The van der Waals surface area contributed by atoms with Crippen molar-refractivity contribution < 1.29 is 22.6 Å². The molecular formula is C9H13F3O2. The molecule has 2 saturated heterocycles. The number of alkyl halides is 3. The molecule has 14 heavy (non-hydrogen) atoms. The van der Waals surface area contributed by atoms with E-state index in [1.807, 2.05) is 0 Å². The van der Waals surface area contributed by atoms with Gasteiger partial charge in [-0.1, -0.05) is 0 Å². The van der Waals surface area contributed by atoms with Gasteiger partial charge in [0.15, 0.2) is 0 Å². The van der Waals surface area contributed by atoms with Crippen LogP contribution in [0.1, 0.15) is 12.8 Å². The van der Waals surface area contributed by atoms with Crippen molar-refractivity contribution in [3.8, 4) is 0 Å². The van der Waals surface area contributed by atoms with Gasteiger partial charge >= 0.3 is 6.18 Å². The van der Waals surface area contributed by atoms with Crippen molar-refractivity contribution in [1.82, 2.24) is 0 Å². The van der Waals surface area contributed by atoms with Crippen LogP contribution in [0, 0.1) is 11.3 Å². The Morgan fingerprint density at radius 3 is 1.93 bits per heavy atom. The van der Waals surface area contributed by atoms with E-state index in [1.54, 1.807) is 0 Å². The lowest BCUT2D eigenvalue weighted by Crippen LogP contribution is -2.59. The van der Waals surface area contributed by atoms with Crippen LogP contribution in [0.3, 0.4) is 0 Å². The molecule has 0 spiro atoms. The summed E-state index contributed by atoms with van der Waals surface area (Å²) in [7, 11) is 0. The van der Waals surface area contributed by atoms with E-state index >= 15 is 0 Å². The molecule has 0 aromatic rings. The lowest BCUT2D eigenvalue weighted by atomic mass is 9.69. The van der Waals surface area contributed by atoms with Crippen LogP contribution in [0.5, 0.6) is 0 Å². The minimum Gasteiger partial charge on any atom is -0.381 e. The van der Waals surface area contributed by atoms with Crippen LogP contribution in [0.15, 0.2) is 0 Å². The summed E-state index contributed by atoms with van der Waals surface area (Å²) in [4.78, 5) is 0. The van der Waals surface area contributed by atoms with Crippen LogP contribution >= 0.6 is 0 Å². The molecule has 0 bridgehead atoms. The number of halogens is 3. The maximum absolute atomic E-state index is 12.8. The Bertz CT molecular complexity index is 205. The van der Waals surface area contributed by atoms with Crippen molar-refractivity contribution in [1.29, 1.82) is 0 Å². The van der Waals surface area contributed by atoms with Gasteiger partial charge in [-0.25, -0.2) is 0 Å². The molecule has 0 atom stereocenters. The average Bonchev–Trinajstić information content (AvgIpc) is 2.01. The summed E-state index contributed by atoms with van der Waals surface area (Å²) in [5.74, 6) is -0.315. The summed E-state index contributed by atoms with van der Waals surface area (Å²) < 4.78 is 48.3. The summed E-state index contributed by atoms with van der Waals surface area (Å²) in [5.41, 5.74) is -1.57. The summed E-state index contributed by atoms with van der Waals surface area (Å²) in [6, 6.07) is 0. The van der Waals surface area contributed by atoms with Gasteiger partial charge in [-0.3, -0.25) is 0 Å². The van der Waals surface area contributed by atoms with Gasteiger partial charge in [0, 0.05) is 13.2 Å². The highest BCUT2D eigenvalue weighted by atomic mass is 19.4. The van der Waals surface area contributed by atoms with Gasteiger partial charge in [-0.15, -0.1) is 0 Å². The van der Waals surface area contributed by atoms with Gasteiger partial charge in [-0.05, 0) is 18.8 Å². The van der Waals surface area contributed by atoms with Crippen molar-refractivity contribution in [2.24, 2.45) is 11.3 Å². The summed E-state index contributed by atoms with van der Waals surface area (Å²) in [6.07, 6.45) is -3.13. The fourth-order valence-corrected chi connectivity index (χ4v) is 2.20. The Morgan fingerprint density at radius 1 is 1.00 bits per heavy atom. The van der Waals surface area contributed by atoms with Gasteiger partial charge in [0.1, 0.15) is 5.41 Å². The van der Waals surface area contributed by atoms with Gasteiger partial charge in [0.2, 0.25) is 0 Å². The fraction of sp³-hybridized carbons (Fsp3) is 1.00. The molecule has 0 amide bonds. The smallest absolute Gasteiger partial charge is 0.381 e. The highest BCUT2D eigenvalue weighted by molar-refractivity contribution is 4.98. The van der Waals surface area contributed by atoms with Crippen molar-refractivity contribution in [2.75, 3.05) is 26.4 Å². The first-order valence-corrected chi connectivity index (χ1v) is 4.78. The molecule has 2 aliphatic heterocycles. The van der Waals surface area contributed by atoms with Crippen LogP contribution in [-0.2, 0) is 9.47 Å².